The lowest BCUT2D eigenvalue weighted by molar-refractivity contribution is 0.143. The molecule has 0 aliphatic heterocycles. The Balaban J connectivity index is 1.29. The summed E-state index contributed by atoms with van der Waals surface area (Å²) >= 11 is 5.63. The number of carbonyl (C=O) groups excluding carboxylic acids is 1. The van der Waals surface area contributed by atoms with Gasteiger partial charge in [0.1, 0.15) is 6.61 Å². The summed E-state index contributed by atoms with van der Waals surface area (Å²) in [5.41, 5.74) is 5.47. The third-order valence-electron chi connectivity index (χ3n) is 4.72. The lowest BCUT2D eigenvalue weighted by atomic mass is 9.98. The van der Waals surface area contributed by atoms with Gasteiger partial charge in [-0.05, 0) is 33.9 Å². The Kier molecular flexibility index (Phi) is 5.73. The van der Waals surface area contributed by atoms with Crippen molar-refractivity contribution in [2.75, 3.05) is 13.2 Å². The van der Waals surface area contributed by atoms with Gasteiger partial charge in [-0.25, -0.2) is 14.8 Å². The van der Waals surface area contributed by atoms with Crippen LogP contribution < -0.4 is 5.32 Å². The largest absolute Gasteiger partial charge is 0.449 e. The second-order valence-corrected chi connectivity index (χ2v) is 6.88. The number of benzene rings is 2. The minimum atomic E-state index is -0.441. The fourth-order valence-corrected chi connectivity index (χ4v) is 3.52. The average Bonchev–Trinajstić information content (AvgIpc) is 3.07. The van der Waals surface area contributed by atoms with E-state index in [9.17, 15) is 4.79 Å². The lowest BCUT2D eigenvalue weighted by Crippen LogP contribution is -2.26. The Hall–Kier alpha value is -3.36. The highest BCUT2D eigenvalue weighted by Gasteiger charge is 2.28. The number of fused-ring (bicyclic) bond motifs is 3. The summed E-state index contributed by atoms with van der Waals surface area (Å²) in [5.74, 6) is 5.93. The smallest absolute Gasteiger partial charge is 0.407 e. The number of aromatic nitrogens is 2. The maximum absolute atomic E-state index is 12.1. The van der Waals surface area contributed by atoms with Gasteiger partial charge in [-0.15, -0.1) is 0 Å². The zero-order valence-corrected chi connectivity index (χ0v) is 16.3. The predicted molar refractivity (Wildman–Crippen MR) is 112 cm³/mol. The molecule has 0 spiro atoms. The standard InChI is InChI=1S/C23H18ClN3O2/c24-22-26-13-16(14-27-22)7-5-6-12-25-23(28)29-15-21-19-10-3-1-8-17(19)18-9-2-4-11-20(18)21/h1-4,8-11,13-14,21H,6,12,15H2,(H,25,28). The van der Waals surface area contributed by atoms with Gasteiger partial charge in [0.25, 0.3) is 0 Å². The van der Waals surface area contributed by atoms with Crippen molar-refractivity contribution in [2.24, 2.45) is 0 Å². The van der Waals surface area contributed by atoms with E-state index in [1.54, 1.807) is 12.4 Å². The van der Waals surface area contributed by atoms with E-state index in [1.165, 1.54) is 22.3 Å². The van der Waals surface area contributed by atoms with Crippen LogP contribution in [0.2, 0.25) is 5.28 Å². The molecule has 0 unspecified atom stereocenters. The minimum Gasteiger partial charge on any atom is -0.449 e. The highest BCUT2D eigenvalue weighted by atomic mass is 35.5. The van der Waals surface area contributed by atoms with Gasteiger partial charge in [0.2, 0.25) is 5.28 Å². The first-order valence-corrected chi connectivity index (χ1v) is 9.65. The van der Waals surface area contributed by atoms with Crippen molar-refractivity contribution in [3.8, 4) is 23.0 Å². The number of hydrogen-bond donors (Lipinski definition) is 1. The number of alkyl carbamates (subject to hydrolysis) is 1. The number of nitrogens with zero attached hydrogens (tertiary/aromatic N) is 2. The van der Waals surface area contributed by atoms with Gasteiger partial charge in [0, 0.05) is 31.3 Å². The molecule has 0 fully saturated rings. The number of carbonyl (C=O) groups is 1. The van der Waals surface area contributed by atoms with Crippen molar-refractivity contribution < 1.29 is 9.53 Å². The van der Waals surface area contributed by atoms with Crippen LogP contribution in [-0.4, -0.2) is 29.2 Å². The van der Waals surface area contributed by atoms with Crippen molar-refractivity contribution in [1.82, 2.24) is 15.3 Å². The maximum atomic E-state index is 12.1. The van der Waals surface area contributed by atoms with Crippen molar-refractivity contribution in [2.45, 2.75) is 12.3 Å². The van der Waals surface area contributed by atoms with Gasteiger partial charge in [0.15, 0.2) is 0 Å². The van der Waals surface area contributed by atoms with Gasteiger partial charge in [-0.2, -0.15) is 0 Å². The molecule has 2 aromatic carbocycles. The van der Waals surface area contributed by atoms with Crippen LogP contribution in [0.3, 0.4) is 0 Å². The van der Waals surface area contributed by atoms with Crippen molar-refractivity contribution in [3.05, 3.63) is 82.9 Å². The number of amides is 1. The van der Waals surface area contributed by atoms with Gasteiger partial charge in [-0.1, -0.05) is 60.4 Å². The number of nitrogens with one attached hydrogen (secondary N) is 1. The Morgan fingerprint density at radius 2 is 1.66 bits per heavy atom. The van der Waals surface area contributed by atoms with Gasteiger partial charge < -0.3 is 10.1 Å². The Morgan fingerprint density at radius 3 is 2.31 bits per heavy atom. The van der Waals surface area contributed by atoms with E-state index in [0.717, 1.165) is 0 Å². The summed E-state index contributed by atoms with van der Waals surface area (Å²) < 4.78 is 5.48. The number of ether oxygens (including phenoxy) is 1. The molecule has 5 nitrogen and oxygen atoms in total. The first-order chi connectivity index (χ1) is 14.2. The molecule has 6 heteroatoms. The topological polar surface area (TPSA) is 64.1 Å². The zero-order chi connectivity index (χ0) is 20.1. The highest BCUT2D eigenvalue weighted by molar-refractivity contribution is 6.28. The molecule has 0 bridgehead atoms. The monoisotopic (exact) mass is 403 g/mol. The molecule has 0 saturated heterocycles. The molecule has 1 amide bonds. The van der Waals surface area contributed by atoms with Crippen LogP contribution in [0.25, 0.3) is 11.1 Å². The molecule has 144 valence electrons. The Bertz CT molecular complexity index is 1040. The van der Waals surface area contributed by atoms with E-state index in [1.807, 2.05) is 24.3 Å². The van der Waals surface area contributed by atoms with Crippen LogP contribution in [0.1, 0.15) is 29.0 Å². The summed E-state index contributed by atoms with van der Waals surface area (Å²) in [7, 11) is 0. The summed E-state index contributed by atoms with van der Waals surface area (Å²) in [5, 5.41) is 2.92. The SMILES string of the molecule is O=C(NCCC#Cc1cnc(Cl)nc1)OCC1c2ccccc2-c2ccccc21. The van der Waals surface area contributed by atoms with E-state index in [4.69, 9.17) is 16.3 Å². The molecule has 29 heavy (non-hydrogen) atoms. The summed E-state index contributed by atoms with van der Waals surface area (Å²) in [6.45, 7) is 0.700. The molecular formula is C23H18ClN3O2. The van der Waals surface area contributed by atoms with E-state index >= 15 is 0 Å². The summed E-state index contributed by atoms with van der Waals surface area (Å²) in [4.78, 5) is 19.8. The normalized spacial score (nSPS) is 11.8. The Morgan fingerprint density at radius 1 is 1.03 bits per heavy atom. The second kappa shape index (κ2) is 8.76. The van der Waals surface area contributed by atoms with Crippen LogP contribution in [0.5, 0.6) is 0 Å². The van der Waals surface area contributed by atoms with Crippen molar-refractivity contribution in [1.29, 1.82) is 0 Å². The molecule has 0 radical (unpaired) electrons. The molecule has 3 aromatic rings. The van der Waals surface area contributed by atoms with Crippen LogP contribution >= 0.6 is 11.6 Å². The maximum Gasteiger partial charge on any atom is 0.407 e. The predicted octanol–water partition coefficient (Wildman–Crippen LogP) is 4.41. The first-order valence-electron chi connectivity index (χ1n) is 9.27. The lowest BCUT2D eigenvalue weighted by Gasteiger charge is -2.14. The third kappa shape index (κ3) is 4.39. The average molecular weight is 404 g/mol. The second-order valence-electron chi connectivity index (χ2n) is 6.54. The summed E-state index contributed by atoms with van der Waals surface area (Å²) in [6, 6.07) is 16.5. The molecule has 1 aliphatic rings. The molecule has 0 atom stereocenters. The molecule has 1 aliphatic carbocycles. The van der Waals surface area contributed by atoms with E-state index in [0.29, 0.717) is 25.1 Å². The number of rotatable bonds is 4. The van der Waals surface area contributed by atoms with Crippen molar-refractivity contribution >= 4 is 17.7 Å². The van der Waals surface area contributed by atoms with Crippen LogP contribution in [0.15, 0.2) is 60.9 Å². The third-order valence-corrected chi connectivity index (χ3v) is 4.91. The molecule has 1 heterocycles. The quantitative estimate of drug-likeness (QED) is 0.398. The van der Waals surface area contributed by atoms with Gasteiger partial charge >= 0.3 is 6.09 Å². The Labute approximate surface area is 174 Å². The molecule has 1 N–H and O–H groups in total. The fraction of sp³-hybridized carbons (Fsp3) is 0.174. The first kappa shape index (κ1) is 19.0. The molecular weight excluding hydrogens is 386 g/mol. The molecule has 1 aromatic heterocycles. The number of halogens is 1. The highest BCUT2D eigenvalue weighted by Crippen LogP contribution is 2.44. The summed E-state index contributed by atoms with van der Waals surface area (Å²) in [6.07, 6.45) is 3.17. The fourth-order valence-electron chi connectivity index (χ4n) is 3.42. The van der Waals surface area contributed by atoms with Crippen LogP contribution in [-0.2, 0) is 4.74 Å². The van der Waals surface area contributed by atoms with E-state index in [-0.39, 0.29) is 11.2 Å². The number of hydrogen-bond acceptors (Lipinski definition) is 4. The van der Waals surface area contributed by atoms with Crippen molar-refractivity contribution in [3.63, 3.8) is 0 Å². The van der Waals surface area contributed by atoms with Crippen LogP contribution in [0.4, 0.5) is 4.79 Å². The molecule has 4 rings (SSSR count). The van der Waals surface area contributed by atoms with E-state index < -0.39 is 6.09 Å². The van der Waals surface area contributed by atoms with Gasteiger partial charge in [-0.3, -0.25) is 0 Å². The van der Waals surface area contributed by atoms with Gasteiger partial charge in [0.05, 0.1) is 5.56 Å². The minimum absolute atomic E-state index is 0.0536. The van der Waals surface area contributed by atoms with Crippen LogP contribution in [0, 0.1) is 11.8 Å². The van der Waals surface area contributed by atoms with E-state index in [2.05, 4.69) is 51.4 Å². The zero-order valence-electron chi connectivity index (χ0n) is 15.6. The molecule has 0 saturated carbocycles.